The average molecular weight is 394 g/mol. The van der Waals surface area contributed by atoms with Crippen LogP contribution in [-0.4, -0.2) is 28.7 Å². The fourth-order valence-electron chi connectivity index (χ4n) is 3.46. The average Bonchev–Trinajstić information content (AvgIpc) is 2.96. The molecule has 0 radical (unpaired) electrons. The van der Waals surface area contributed by atoms with Gasteiger partial charge in [-0.3, -0.25) is 19.4 Å². The van der Waals surface area contributed by atoms with Gasteiger partial charge in [-0.2, -0.15) is 0 Å². The highest BCUT2D eigenvalue weighted by Crippen LogP contribution is 2.18. The van der Waals surface area contributed by atoms with Gasteiger partial charge in [0.2, 0.25) is 5.91 Å². The summed E-state index contributed by atoms with van der Waals surface area (Å²) in [7, 11) is 0. The molecule has 1 aliphatic carbocycles. The molecule has 29 heavy (non-hydrogen) atoms. The molecule has 0 saturated heterocycles. The molecule has 1 aliphatic rings. The van der Waals surface area contributed by atoms with Gasteiger partial charge in [0.25, 0.3) is 11.8 Å². The molecule has 0 spiro atoms. The molecule has 1 saturated carbocycles. The number of nitrogens with zero attached hydrogens (tertiary/aromatic N) is 1. The first-order valence-electron chi connectivity index (χ1n) is 9.97. The van der Waals surface area contributed by atoms with Crippen LogP contribution in [0.25, 0.3) is 0 Å². The van der Waals surface area contributed by atoms with E-state index in [-0.39, 0.29) is 23.6 Å². The molecule has 0 bridgehead atoms. The van der Waals surface area contributed by atoms with Crippen molar-refractivity contribution in [1.29, 1.82) is 0 Å². The van der Waals surface area contributed by atoms with Gasteiger partial charge >= 0.3 is 0 Å². The first-order valence-corrected chi connectivity index (χ1v) is 9.97. The lowest BCUT2D eigenvalue weighted by molar-refractivity contribution is -0.114. The van der Waals surface area contributed by atoms with Gasteiger partial charge in [-0.05, 0) is 43.2 Å². The number of hydrogen-bond donors (Lipinski definition) is 3. The van der Waals surface area contributed by atoms with E-state index in [1.54, 1.807) is 30.3 Å². The maximum Gasteiger partial charge on any atom is 0.274 e. The van der Waals surface area contributed by atoms with Crippen LogP contribution in [0.1, 0.15) is 66.3 Å². The van der Waals surface area contributed by atoms with Crippen molar-refractivity contribution in [3.05, 3.63) is 53.9 Å². The summed E-state index contributed by atoms with van der Waals surface area (Å²) in [5.41, 5.74) is 1.68. The van der Waals surface area contributed by atoms with Crippen molar-refractivity contribution in [2.45, 2.75) is 51.5 Å². The third-order valence-corrected chi connectivity index (χ3v) is 4.89. The second kappa shape index (κ2) is 9.82. The summed E-state index contributed by atoms with van der Waals surface area (Å²) < 4.78 is 0. The topological polar surface area (TPSA) is 100 Å². The number of carbonyl (C=O) groups is 3. The Labute approximate surface area is 170 Å². The number of pyridine rings is 1. The van der Waals surface area contributed by atoms with Crippen LogP contribution in [0.3, 0.4) is 0 Å². The van der Waals surface area contributed by atoms with Crippen LogP contribution in [0.15, 0.2) is 42.6 Å². The molecular weight excluding hydrogens is 368 g/mol. The Morgan fingerprint density at radius 3 is 2.28 bits per heavy atom. The summed E-state index contributed by atoms with van der Waals surface area (Å²) in [5.74, 6) is -0.794. The first-order chi connectivity index (χ1) is 14.0. The Morgan fingerprint density at radius 1 is 0.897 bits per heavy atom. The van der Waals surface area contributed by atoms with Crippen LogP contribution in [0.2, 0.25) is 0 Å². The molecule has 3 N–H and O–H groups in total. The summed E-state index contributed by atoms with van der Waals surface area (Å²) in [6.07, 6.45) is 8.15. The minimum atomic E-state index is -0.422. The first kappa shape index (κ1) is 20.5. The molecule has 1 fully saturated rings. The molecule has 3 amide bonds. The number of carbonyl (C=O) groups excluding carboxylic acids is 3. The fraction of sp³-hybridized carbons (Fsp3) is 0.364. The van der Waals surface area contributed by atoms with Gasteiger partial charge in [0.05, 0.1) is 0 Å². The van der Waals surface area contributed by atoms with E-state index in [4.69, 9.17) is 0 Å². The van der Waals surface area contributed by atoms with Crippen LogP contribution < -0.4 is 16.0 Å². The molecule has 7 nitrogen and oxygen atoms in total. The van der Waals surface area contributed by atoms with Crippen molar-refractivity contribution in [2.75, 3.05) is 10.6 Å². The highest BCUT2D eigenvalue weighted by Gasteiger charge is 2.17. The summed E-state index contributed by atoms with van der Waals surface area (Å²) >= 11 is 0. The van der Waals surface area contributed by atoms with Gasteiger partial charge < -0.3 is 16.0 Å². The lowest BCUT2D eigenvalue weighted by Crippen LogP contribution is -2.34. The molecular formula is C22H26N4O3. The second-order valence-electron chi connectivity index (χ2n) is 7.31. The zero-order valence-electron chi connectivity index (χ0n) is 16.5. The van der Waals surface area contributed by atoms with Crippen LogP contribution in [0.4, 0.5) is 11.4 Å². The smallest absolute Gasteiger partial charge is 0.274 e. The molecule has 0 aliphatic heterocycles. The number of benzene rings is 1. The molecule has 1 aromatic carbocycles. The van der Waals surface area contributed by atoms with Crippen LogP contribution >= 0.6 is 0 Å². The molecule has 1 aromatic heterocycles. The van der Waals surface area contributed by atoms with Gasteiger partial charge in [0.1, 0.15) is 5.69 Å². The highest BCUT2D eigenvalue weighted by molar-refractivity contribution is 6.05. The normalized spacial score (nSPS) is 14.5. The van der Waals surface area contributed by atoms with E-state index in [1.807, 2.05) is 0 Å². The minimum Gasteiger partial charge on any atom is -0.349 e. The number of amides is 3. The highest BCUT2D eigenvalue weighted by atomic mass is 16.2. The van der Waals surface area contributed by atoms with Crippen molar-refractivity contribution >= 4 is 29.1 Å². The summed E-state index contributed by atoms with van der Waals surface area (Å²) in [6, 6.07) is 10.1. The van der Waals surface area contributed by atoms with Crippen molar-refractivity contribution in [2.24, 2.45) is 0 Å². The van der Waals surface area contributed by atoms with Gasteiger partial charge in [-0.25, -0.2) is 0 Å². The monoisotopic (exact) mass is 394 g/mol. The van der Waals surface area contributed by atoms with E-state index in [0.717, 1.165) is 25.7 Å². The molecule has 1 heterocycles. The number of anilines is 2. The van der Waals surface area contributed by atoms with Crippen molar-refractivity contribution < 1.29 is 14.4 Å². The Bertz CT molecular complexity index is 889. The largest absolute Gasteiger partial charge is 0.349 e. The predicted molar refractivity (Wildman–Crippen MR) is 112 cm³/mol. The SMILES string of the molecule is CC(=O)Nc1cccc(NC(=O)c2cc(C(=O)NC3CCCCCC3)ccn2)c1. The minimum absolute atomic E-state index is 0.156. The third kappa shape index (κ3) is 6.14. The standard InChI is InChI=1S/C22H26N4O3/c1-15(27)24-18-9-6-10-19(14-18)26-22(29)20-13-16(11-12-23-20)21(28)25-17-7-4-2-3-5-8-17/h6,9-14,17H,2-5,7-8H2,1H3,(H,24,27)(H,25,28)(H,26,29). The number of nitrogens with one attached hydrogen (secondary N) is 3. The summed E-state index contributed by atoms with van der Waals surface area (Å²) in [5, 5.41) is 8.49. The van der Waals surface area contributed by atoms with Crippen molar-refractivity contribution in [1.82, 2.24) is 10.3 Å². The maximum absolute atomic E-state index is 12.6. The number of hydrogen-bond acceptors (Lipinski definition) is 4. The lowest BCUT2D eigenvalue weighted by Gasteiger charge is -2.16. The summed E-state index contributed by atoms with van der Waals surface area (Å²) in [6.45, 7) is 1.42. The molecule has 0 unspecified atom stereocenters. The van der Waals surface area contributed by atoms with Crippen LogP contribution in [-0.2, 0) is 4.79 Å². The van der Waals surface area contributed by atoms with Gasteiger partial charge in [0.15, 0.2) is 0 Å². The van der Waals surface area contributed by atoms with Gasteiger partial charge in [-0.15, -0.1) is 0 Å². The van der Waals surface area contributed by atoms with Crippen molar-refractivity contribution in [3.63, 3.8) is 0 Å². The van der Waals surface area contributed by atoms with Gasteiger partial charge in [-0.1, -0.05) is 31.7 Å². The van der Waals surface area contributed by atoms with Crippen LogP contribution in [0.5, 0.6) is 0 Å². The quantitative estimate of drug-likeness (QED) is 0.673. The second-order valence-corrected chi connectivity index (χ2v) is 7.31. The maximum atomic E-state index is 12.6. The molecule has 0 atom stereocenters. The Hall–Kier alpha value is -3.22. The zero-order valence-corrected chi connectivity index (χ0v) is 16.5. The Balaban J connectivity index is 1.66. The Kier molecular flexibility index (Phi) is 6.94. The van der Waals surface area contributed by atoms with Gasteiger partial charge in [0, 0.05) is 36.1 Å². The van der Waals surface area contributed by atoms with E-state index >= 15 is 0 Å². The third-order valence-electron chi connectivity index (χ3n) is 4.89. The lowest BCUT2D eigenvalue weighted by atomic mass is 10.1. The molecule has 7 heteroatoms. The van der Waals surface area contributed by atoms with E-state index in [0.29, 0.717) is 16.9 Å². The predicted octanol–water partition coefficient (Wildman–Crippen LogP) is 3.74. The summed E-state index contributed by atoms with van der Waals surface area (Å²) in [4.78, 5) is 40.4. The van der Waals surface area contributed by atoms with E-state index in [1.165, 1.54) is 32.0 Å². The van der Waals surface area contributed by atoms with E-state index < -0.39 is 5.91 Å². The Morgan fingerprint density at radius 2 is 1.59 bits per heavy atom. The van der Waals surface area contributed by atoms with Crippen molar-refractivity contribution in [3.8, 4) is 0 Å². The number of aromatic nitrogens is 1. The molecule has 3 rings (SSSR count). The van der Waals surface area contributed by atoms with E-state index in [2.05, 4.69) is 20.9 Å². The zero-order chi connectivity index (χ0) is 20.6. The van der Waals surface area contributed by atoms with Crippen LogP contribution in [0, 0.1) is 0 Å². The fourth-order valence-corrected chi connectivity index (χ4v) is 3.46. The van der Waals surface area contributed by atoms with E-state index in [9.17, 15) is 14.4 Å². The molecule has 2 aromatic rings. The number of rotatable bonds is 5. The molecule has 152 valence electrons.